The van der Waals surface area contributed by atoms with Gasteiger partial charge in [0.25, 0.3) is 0 Å². The molecule has 0 spiro atoms. The van der Waals surface area contributed by atoms with Crippen LogP contribution in [0, 0.1) is 0 Å². The third-order valence-corrected chi connectivity index (χ3v) is 3.97. The van der Waals surface area contributed by atoms with Gasteiger partial charge in [-0.15, -0.1) is 0 Å². The van der Waals surface area contributed by atoms with Crippen LogP contribution in [0.25, 0.3) is 0 Å². The van der Waals surface area contributed by atoms with Crippen molar-refractivity contribution in [1.82, 2.24) is 15.0 Å². The number of hydrogen-bond donors (Lipinski definition) is 2. The molecule has 1 aliphatic carbocycles. The number of rotatable bonds is 7. The normalized spacial score (nSPS) is 14.2. The smallest absolute Gasteiger partial charge is 0.224 e. The van der Waals surface area contributed by atoms with Gasteiger partial charge in [0.15, 0.2) is 0 Å². The lowest BCUT2D eigenvalue weighted by molar-refractivity contribution is 0.679. The van der Waals surface area contributed by atoms with Gasteiger partial charge in [-0.1, -0.05) is 17.7 Å². The number of nitrogens with zero attached hydrogens (tertiary/aromatic N) is 3. The average molecular weight is 309 g/mol. The van der Waals surface area contributed by atoms with E-state index in [1.807, 2.05) is 24.4 Å². The maximum Gasteiger partial charge on any atom is 0.224 e. The topological polar surface area (TPSA) is 62.7 Å². The monoisotopic (exact) mass is 309 g/mol. The van der Waals surface area contributed by atoms with Gasteiger partial charge in [-0.3, -0.25) is 4.98 Å². The number of hydrogen-bond acceptors (Lipinski definition) is 5. The summed E-state index contributed by atoms with van der Waals surface area (Å²) in [5, 5.41) is 6.61. The van der Waals surface area contributed by atoms with Gasteiger partial charge in [0.1, 0.15) is 5.82 Å². The molecule has 0 atom stereocenters. The van der Waals surface area contributed by atoms with Gasteiger partial charge in [-0.25, -0.2) is 4.98 Å². The Kier molecular flexibility index (Phi) is 5.56. The highest BCUT2D eigenvalue weighted by Gasteiger charge is 2.04. The third-order valence-electron chi connectivity index (χ3n) is 3.97. The Hall–Kier alpha value is -2.43. The van der Waals surface area contributed by atoms with Crippen molar-refractivity contribution in [2.45, 2.75) is 38.6 Å². The lowest BCUT2D eigenvalue weighted by atomic mass is 9.97. The maximum absolute atomic E-state index is 4.50. The molecule has 0 unspecified atom stereocenters. The van der Waals surface area contributed by atoms with E-state index >= 15 is 0 Å². The van der Waals surface area contributed by atoms with Crippen LogP contribution in [0.15, 0.2) is 48.4 Å². The van der Waals surface area contributed by atoms with Crippen LogP contribution in [0.2, 0.25) is 0 Å². The maximum atomic E-state index is 4.50. The van der Waals surface area contributed by atoms with E-state index in [2.05, 4.69) is 31.7 Å². The van der Waals surface area contributed by atoms with Crippen LogP contribution in [0.3, 0.4) is 0 Å². The summed E-state index contributed by atoms with van der Waals surface area (Å²) in [6.45, 7) is 1.59. The summed E-state index contributed by atoms with van der Waals surface area (Å²) >= 11 is 0. The molecule has 0 fully saturated rings. The Balaban J connectivity index is 1.48. The van der Waals surface area contributed by atoms with Crippen LogP contribution in [0.5, 0.6) is 0 Å². The van der Waals surface area contributed by atoms with Crippen molar-refractivity contribution in [1.29, 1.82) is 0 Å². The molecule has 3 rings (SSSR count). The van der Waals surface area contributed by atoms with Gasteiger partial charge >= 0.3 is 0 Å². The molecule has 2 aromatic heterocycles. The number of nitrogens with one attached hydrogen (secondary N) is 2. The number of anilines is 2. The summed E-state index contributed by atoms with van der Waals surface area (Å²) in [5.41, 5.74) is 2.69. The Labute approximate surface area is 137 Å². The van der Waals surface area contributed by atoms with Crippen molar-refractivity contribution in [2.75, 3.05) is 17.2 Å². The second-order valence-electron chi connectivity index (χ2n) is 5.77. The first-order valence-corrected chi connectivity index (χ1v) is 8.28. The molecule has 2 aromatic rings. The van der Waals surface area contributed by atoms with Crippen molar-refractivity contribution >= 4 is 11.8 Å². The second kappa shape index (κ2) is 8.27. The van der Waals surface area contributed by atoms with Gasteiger partial charge in [-0.2, -0.15) is 4.98 Å². The molecule has 0 saturated carbocycles. The predicted octanol–water partition coefficient (Wildman–Crippen LogP) is 3.79. The summed E-state index contributed by atoms with van der Waals surface area (Å²) in [4.78, 5) is 12.9. The molecule has 0 radical (unpaired) electrons. The van der Waals surface area contributed by atoms with Gasteiger partial charge in [0.05, 0.1) is 0 Å². The van der Waals surface area contributed by atoms with E-state index in [0.29, 0.717) is 12.5 Å². The lowest BCUT2D eigenvalue weighted by Gasteiger charge is -2.13. The van der Waals surface area contributed by atoms with Gasteiger partial charge in [0, 0.05) is 31.7 Å². The first-order chi connectivity index (χ1) is 11.4. The highest BCUT2D eigenvalue weighted by atomic mass is 15.1. The molecule has 0 amide bonds. The van der Waals surface area contributed by atoms with Crippen LogP contribution in [0.4, 0.5) is 11.8 Å². The van der Waals surface area contributed by atoms with Crippen molar-refractivity contribution in [3.05, 3.63) is 54.0 Å². The fourth-order valence-corrected chi connectivity index (χ4v) is 2.70. The minimum absolute atomic E-state index is 0.678. The zero-order valence-electron chi connectivity index (χ0n) is 13.3. The second-order valence-corrected chi connectivity index (χ2v) is 5.77. The van der Waals surface area contributed by atoms with E-state index in [-0.39, 0.29) is 0 Å². The summed E-state index contributed by atoms with van der Waals surface area (Å²) in [6.07, 6.45) is 14.0. The molecule has 2 N–H and O–H groups in total. The van der Waals surface area contributed by atoms with E-state index in [0.717, 1.165) is 24.3 Å². The van der Waals surface area contributed by atoms with E-state index in [9.17, 15) is 0 Å². The largest absolute Gasteiger partial charge is 0.366 e. The van der Waals surface area contributed by atoms with Crippen LogP contribution >= 0.6 is 0 Å². The first-order valence-electron chi connectivity index (χ1n) is 8.28. The highest BCUT2D eigenvalue weighted by Crippen LogP contribution is 2.19. The van der Waals surface area contributed by atoms with Gasteiger partial charge < -0.3 is 10.6 Å². The van der Waals surface area contributed by atoms with Crippen molar-refractivity contribution in [3.8, 4) is 0 Å². The zero-order chi connectivity index (χ0) is 15.7. The van der Waals surface area contributed by atoms with Crippen molar-refractivity contribution < 1.29 is 0 Å². The van der Waals surface area contributed by atoms with E-state index in [1.165, 1.54) is 25.7 Å². The lowest BCUT2D eigenvalue weighted by Crippen LogP contribution is -2.09. The summed E-state index contributed by atoms with van der Waals surface area (Å²) in [5.74, 6) is 1.50. The summed E-state index contributed by atoms with van der Waals surface area (Å²) in [7, 11) is 0. The number of pyridine rings is 1. The van der Waals surface area contributed by atoms with E-state index in [1.54, 1.807) is 18.0 Å². The Bertz CT molecular complexity index is 639. The molecule has 23 heavy (non-hydrogen) atoms. The fraction of sp³-hybridized carbons (Fsp3) is 0.389. The van der Waals surface area contributed by atoms with Gasteiger partial charge in [0.2, 0.25) is 5.95 Å². The molecule has 0 aliphatic heterocycles. The predicted molar refractivity (Wildman–Crippen MR) is 93.3 cm³/mol. The fourth-order valence-electron chi connectivity index (χ4n) is 2.70. The standard InChI is InChI=1S/C18H23N5/c1-2-5-15(6-3-1)8-11-20-18-21-12-9-17(23-18)22-14-16-7-4-10-19-13-16/h4-5,7,9-10,12-13H,1-3,6,8,11,14H2,(H2,20,21,22,23). The number of allylic oxidation sites excluding steroid dienone is 1. The highest BCUT2D eigenvalue weighted by molar-refractivity contribution is 5.40. The molecule has 0 bridgehead atoms. The molecule has 5 heteroatoms. The molecular formula is C18H23N5. The summed E-state index contributed by atoms with van der Waals surface area (Å²) in [6, 6.07) is 5.85. The van der Waals surface area contributed by atoms with Crippen LogP contribution in [-0.4, -0.2) is 21.5 Å². The molecule has 5 nitrogen and oxygen atoms in total. The molecule has 0 aromatic carbocycles. The van der Waals surface area contributed by atoms with Crippen LogP contribution in [0.1, 0.15) is 37.7 Å². The zero-order valence-corrected chi connectivity index (χ0v) is 13.3. The third kappa shape index (κ3) is 5.06. The molecular weight excluding hydrogens is 286 g/mol. The first kappa shape index (κ1) is 15.5. The van der Waals surface area contributed by atoms with Crippen LogP contribution < -0.4 is 10.6 Å². The Morgan fingerprint density at radius 1 is 1.09 bits per heavy atom. The minimum Gasteiger partial charge on any atom is -0.366 e. The summed E-state index contributed by atoms with van der Waals surface area (Å²) < 4.78 is 0. The van der Waals surface area contributed by atoms with Crippen molar-refractivity contribution in [2.24, 2.45) is 0 Å². The average Bonchev–Trinajstić information content (AvgIpc) is 2.62. The quantitative estimate of drug-likeness (QED) is 0.762. The Morgan fingerprint density at radius 3 is 2.91 bits per heavy atom. The number of aromatic nitrogens is 3. The van der Waals surface area contributed by atoms with Crippen LogP contribution in [-0.2, 0) is 6.54 Å². The minimum atomic E-state index is 0.678. The molecule has 0 saturated heterocycles. The van der Waals surface area contributed by atoms with E-state index in [4.69, 9.17) is 0 Å². The van der Waals surface area contributed by atoms with Gasteiger partial charge in [-0.05, 0) is 49.8 Å². The molecule has 120 valence electrons. The SMILES string of the molecule is C1=C(CCNc2nccc(NCc3cccnc3)n2)CCCC1. The van der Waals surface area contributed by atoms with E-state index < -0.39 is 0 Å². The van der Waals surface area contributed by atoms with Crippen molar-refractivity contribution in [3.63, 3.8) is 0 Å². The Morgan fingerprint density at radius 2 is 2.09 bits per heavy atom. The molecule has 2 heterocycles. The molecule has 1 aliphatic rings.